The van der Waals surface area contributed by atoms with Gasteiger partial charge in [0.1, 0.15) is 49.5 Å². The Kier molecular flexibility index (Phi) is 32.3. The molecule has 0 atom stereocenters. The zero-order chi connectivity index (χ0) is 92.3. The van der Waals surface area contributed by atoms with E-state index >= 15 is 0 Å². The zero-order valence-electron chi connectivity index (χ0n) is 73.9. The van der Waals surface area contributed by atoms with E-state index in [0.717, 1.165) is 144 Å². The highest BCUT2D eigenvalue weighted by atomic mass is 32.2. The van der Waals surface area contributed by atoms with Crippen LogP contribution in [0, 0.1) is 17.0 Å². The second-order valence-electron chi connectivity index (χ2n) is 30.6. The molecule has 690 valence electrons. The first-order chi connectivity index (χ1) is 63.6. The Bertz CT molecular complexity index is 5720. The Labute approximate surface area is 759 Å². The molecule has 6 aromatic carbocycles. The minimum atomic E-state index is -0.498. The number of urea groups is 3. The topological polar surface area (TPSA) is 452 Å². The van der Waals surface area contributed by atoms with Gasteiger partial charge < -0.3 is 115 Å². The van der Waals surface area contributed by atoms with E-state index in [9.17, 15) is 32.8 Å². The van der Waals surface area contributed by atoms with E-state index in [1.54, 1.807) is 111 Å². The summed E-state index contributed by atoms with van der Waals surface area (Å²) in [5.74, 6) is 2.82. The number of amidine groups is 1. The van der Waals surface area contributed by atoms with Crippen LogP contribution in [0.2, 0.25) is 0 Å². The molecule has 12 heterocycles. The molecule has 0 bridgehead atoms. The Balaban J connectivity index is 0.000000134. The first-order valence-corrected chi connectivity index (χ1v) is 43.3. The molecule has 0 radical (unpaired) electrons. The number of nitrogen functional groups attached to an aromatic ring is 1. The number of anilines is 11. The number of thioether (sulfide) groups is 1. The van der Waals surface area contributed by atoms with Crippen molar-refractivity contribution >= 4 is 111 Å². The summed E-state index contributed by atoms with van der Waals surface area (Å²) in [6, 6.07) is 28.9. The van der Waals surface area contributed by atoms with Crippen molar-refractivity contribution in [2.24, 2.45) is 5.73 Å². The van der Waals surface area contributed by atoms with E-state index in [-0.39, 0.29) is 41.5 Å². The van der Waals surface area contributed by atoms with Crippen LogP contribution in [0.1, 0.15) is 66.9 Å². The lowest BCUT2D eigenvalue weighted by Crippen LogP contribution is -2.41. The number of fused-ring (bicyclic) bond motifs is 6. The first-order valence-electron chi connectivity index (χ1n) is 42.4. The Morgan fingerprint density at radius 1 is 0.504 bits per heavy atom. The monoisotopic (exact) mass is 1810 g/mol. The molecule has 0 unspecified atom stereocenters. The van der Waals surface area contributed by atoms with Crippen LogP contribution in [0.4, 0.5) is 90.5 Å². The van der Waals surface area contributed by atoms with Crippen molar-refractivity contribution < 1.29 is 61.2 Å². The maximum absolute atomic E-state index is 14.0. The number of halogens is 2. The fourth-order valence-corrected chi connectivity index (χ4v) is 15.8. The predicted molar refractivity (Wildman–Crippen MR) is 498 cm³/mol. The van der Waals surface area contributed by atoms with Crippen molar-refractivity contribution in [1.82, 2.24) is 75.8 Å². The van der Waals surface area contributed by atoms with Gasteiger partial charge in [0.15, 0.2) is 23.1 Å². The van der Waals surface area contributed by atoms with Gasteiger partial charge in [-0.15, -0.1) is 11.8 Å². The minimum absolute atomic E-state index is 0.0952. The normalized spacial score (nSPS) is 13.5. The smallest absolute Gasteiger partial charge is 0.411 e. The van der Waals surface area contributed by atoms with Crippen molar-refractivity contribution in [3.63, 3.8) is 0 Å². The molecule has 0 spiro atoms. The van der Waals surface area contributed by atoms with Gasteiger partial charge in [-0.05, 0) is 118 Å². The van der Waals surface area contributed by atoms with Gasteiger partial charge in [-0.3, -0.25) is 30.2 Å². The summed E-state index contributed by atoms with van der Waals surface area (Å²) in [5.41, 5.74) is 20.8. The summed E-state index contributed by atoms with van der Waals surface area (Å²) in [6.45, 7) is 18.0. The summed E-state index contributed by atoms with van der Waals surface area (Å²) in [7, 11) is 8.15. The average Bonchev–Trinajstić information content (AvgIpc) is 1.58. The zero-order valence-corrected chi connectivity index (χ0v) is 74.7. The maximum atomic E-state index is 14.0. The van der Waals surface area contributed by atoms with Crippen LogP contribution >= 0.6 is 11.8 Å². The number of hydrogen-bond donors (Lipinski definition) is 13. The number of nitrogens with two attached hydrogens (primary N) is 1. The molecule has 6 aliphatic heterocycles. The van der Waals surface area contributed by atoms with Crippen LogP contribution in [0.3, 0.4) is 0 Å². The van der Waals surface area contributed by atoms with Crippen LogP contribution in [-0.4, -0.2) is 222 Å². The summed E-state index contributed by atoms with van der Waals surface area (Å²) in [5, 5.41) is 20.8. The van der Waals surface area contributed by atoms with Crippen molar-refractivity contribution in [3.05, 3.63) is 224 Å². The highest BCUT2D eigenvalue weighted by Crippen LogP contribution is 2.43. The van der Waals surface area contributed by atoms with E-state index in [0.29, 0.717) is 107 Å². The molecule has 6 aromatic heterocycles. The summed E-state index contributed by atoms with van der Waals surface area (Å²) in [6.07, 6.45) is 21.6. The number of carbonyl (C=O) groups excluding carboxylic acids is 5. The molecule has 39 nitrogen and oxygen atoms in total. The number of methoxy groups -OCH3 is 1. The number of amides is 8. The van der Waals surface area contributed by atoms with E-state index < -0.39 is 17.7 Å². The van der Waals surface area contributed by atoms with Crippen LogP contribution in [0.15, 0.2) is 177 Å². The molecule has 0 saturated carbocycles. The highest BCUT2D eigenvalue weighted by molar-refractivity contribution is 7.99. The SMILES string of the molecule is CC(C)NC(=O)N(C)c1ccc2c(c1)N(Cc1cnc[nH]1)CCO2.CCN(C(=O)NC)c1ccc2c(c1)N(Cc1cnc[nH]1)CCO2.CNC(=O)N(C)c1ccc2c(c1)N(Cc1cnc[nH]1)CCS2.COC(=O)Nc1ccc2c(c1)N(Cc1cnc[nH]1)CCCO2.N=C(N)c1cc(F)c2c(c1)N(Cc1cnc[nH]1)CCO2.O=CNc1cc(F)c2c(c1)N(Cc1cnc[nH]1)CCO2. The molecule has 8 amide bonds. The van der Waals surface area contributed by atoms with Crippen molar-refractivity contribution in [2.75, 3.05) is 175 Å². The van der Waals surface area contributed by atoms with Gasteiger partial charge in [-0.1, -0.05) is 0 Å². The second kappa shape index (κ2) is 45.3. The quantitative estimate of drug-likeness (QED) is 0.0180. The van der Waals surface area contributed by atoms with Crippen LogP contribution in [0.25, 0.3) is 0 Å². The number of aromatic amines is 6. The minimum Gasteiger partial charge on any atom is -0.491 e. The average molecular weight is 1820 g/mol. The third-order valence-electron chi connectivity index (χ3n) is 21.3. The van der Waals surface area contributed by atoms with Crippen molar-refractivity contribution in [1.29, 1.82) is 5.41 Å². The largest absolute Gasteiger partial charge is 0.491 e. The number of rotatable bonds is 21. The molecule has 0 aliphatic carbocycles. The molecule has 0 fully saturated rings. The second-order valence-corrected chi connectivity index (χ2v) is 31.7. The molecule has 18 rings (SSSR count). The Morgan fingerprint density at radius 2 is 0.908 bits per heavy atom. The van der Waals surface area contributed by atoms with Gasteiger partial charge in [0, 0.05) is 142 Å². The predicted octanol–water partition coefficient (Wildman–Crippen LogP) is 11.8. The molecule has 42 heteroatoms. The molecule has 0 saturated heterocycles. The van der Waals surface area contributed by atoms with Crippen LogP contribution in [0.5, 0.6) is 28.7 Å². The fraction of sp³-hybridized carbons (Fsp3) is 0.326. The third kappa shape index (κ3) is 24.7. The van der Waals surface area contributed by atoms with Gasteiger partial charge in [-0.25, -0.2) is 57.9 Å². The Morgan fingerprint density at radius 3 is 1.37 bits per heavy atom. The number of hydrogen-bond acceptors (Lipinski definition) is 25. The van der Waals surface area contributed by atoms with Gasteiger partial charge in [-0.2, -0.15) is 0 Å². The Hall–Kier alpha value is -15.4. The summed E-state index contributed by atoms with van der Waals surface area (Å²) >= 11 is 1.85. The van der Waals surface area contributed by atoms with E-state index in [1.165, 1.54) is 29.8 Å². The molecule has 14 N–H and O–H groups in total. The lowest BCUT2D eigenvalue weighted by molar-refractivity contribution is -0.105. The number of H-pyrrole nitrogens is 6. The van der Waals surface area contributed by atoms with Crippen molar-refractivity contribution in [3.8, 4) is 28.7 Å². The number of nitrogens with one attached hydrogen (secondary N) is 12. The van der Waals surface area contributed by atoms with Gasteiger partial charge >= 0.3 is 24.2 Å². The number of nitrogens with zero attached hydrogens (tertiary/aromatic N) is 15. The van der Waals surface area contributed by atoms with Gasteiger partial charge in [0.25, 0.3) is 0 Å². The summed E-state index contributed by atoms with van der Waals surface area (Å²) < 4.78 is 60.6. The molecule has 131 heavy (non-hydrogen) atoms. The van der Waals surface area contributed by atoms with Gasteiger partial charge in [0.05, 0.1) is 185 Å². The highest BCUT2D eigenvalue weighted by Gasteiger charge is 2.30. The standard InChI is InChI=1S/C17H23N5O2.C16H21N5O2.C15H19N5OS.C15H18N4O3.C13H14FN5O.C13H13FN4O2/c1-12(2)20-17(23)21(3)14-4-5-16-15(8-14)22(6-7-24-16)10-13-9-18-11-19-13;1-3-21(16(22)17-2)13-4-5-15-14(8-13)20(6-7-23-15)10-12-9-18-11-19-12;1-16-15(21)19(2)12-3-4-14-13(7-12)20(5-6-22-14)9-11-8-17-10-18-11;1-21-15(20)18-11-3-4-14-13(7-11)19(5-2-6-22-14)9-12-8-16-10-17-12;14-10-3-8(13(15)16)4-11-12(10)20-2-1-19(11)6-9-5-17-7-18-9;14-11-3-9(17-8-19)4-12-13(11)20-2-1-18(12)6-10-5-15-7-16-10/h4-5,8-9,11-12H,6-7,10H2,1-3H3,(H,18,19)(H,20,23);4-5,8-9,11H,3,6-7,10H2,1-2H3,(H,17,22)(H,18,19);3-4,7-8,10H,5-6,9H2,1-2H3,(H,16,21)(H,17,18);3-4,7-8,10H,2,5-6,9H2,1H3,(H,16,17)(H,18,20);3-5,7H,1-2,6H2,(H3,15,16)(H,17,18);3-5,7-8H,1-2,6H2,(H,15,16)(H,17,19). The molecular formula is C89H108F2N28O11S. The lowest BCUT2D eigenvalue weighted by atomic mass is 10.1. The molecular weight excluding hydrogens is 1710 g/mol. The first kappa shape index (κ1) is 93.3. The van der Waals surface area contributed by atoms with E-state index in [1.807, 2.05) is 122 Å². The molecule has 12 aromatic rings. The van der Waals surface area contributed by atoms with Crippen molar-refractivity contribution in [2.45, 2.75) is 77.4 Å². The van der Waals surface area contributed by atoms with Gasteiger partial charge in [0.2, 0.25) is 6.41 Å². The lowest BCUT2D eigenvalue weighted by Gasteiger charge is -2.32. The number of aromatic nitrogens is 12. The van der Waals surface area contributed by atoms with Crippen LogP contribution in [-0.2, 0) is 48.8 Å². The number of carbonyl (C=O) groups is 5. The summed E-state index contributed by atoms with van der Waals surface area (Å²) in [4.78, 5) is 120. The van der Waals surface area contributed by atoms with Crippen LogP contribution < -0.4 is 100 Å². The number of benzene rings is 6. The van der Waals surface area contributed by atoms with E-state index in [2.05, 4.69) is 123 Å². The van der Waals surface area contributed by atoms with E-state index in [4.69, 9.17) is 34.8 Å². The maximum Gasteiger partial charge on any atom is 0.411 e. The number of imidazole rings is 6. The molecule has 6 aliphatic rings. The number of ether oxygens (including phenoxy) is 6. The fourth-order valence-electron chi connectivity index (χ4n) is 14.8. The third-order valence-corrected chi connectivity index (χ3v) is 22.4.